The molecule has 6 heteroatoms. The number of hydrogen-bond donors (Lipinski definition) is 1. The molecule has 0 radical (unpaired) electrons. The first-order valence-electron chi connectivity index (χ1n) is 1.96. The van der Waals surface area contributed by atoms with Crippen molar-refractivity contribution in [3.63, 3.8) is 0 Å². The summed E-state index contributed by atoms with van der Waals surface area (Å²) in [4.78, 5) is 8.20. The molecule has 0 rings (SSSR count). The molecular weight excluding hydrogens is 170 g/mol. The van der Waals surface area contributed by atoms with Crippen LogP contribution in [0.5, 0.6) is 0 Å². The van der Waals surface area contributed by atoms with Gasteiger partial charge < -0.3 is 1.43 Å². The van der Waals surface area contributed by atoms with Gasteiger partial charge in [0.1, 0.15) is 0 Å². The molecule has 1 unspecified atom stereocenters. The monoisotopic (exact) mass is 181 g/mol. The Morgan fingerprint density at radius 3 is 1.89 bits per heavy atom. The van der Waals surface area contributed by atoms with Crippen molar-refractivity contribution >= 4 is 18.6 Å². The summed E-state index contributed by atoms with van der Waals surface area (Å²) in [6.07, 6.45) is 5.41. The predicted molar refractivity (Wildman–Crippen MR) is 37.4 cm³/mol. The van der Waals surface area contributed by atoms with Gasteiger partial charge in [-0.15, -0.1) is 4.89 Å². The number of rotatable bonds is 2. The van der Waals surface area contributed by atoms with Crippen molar-refractivity contribution in [2.75, 3.05) is 18.8 Å². The average molecular weight is 181 g/mol. The van der Waals surface area contributed by atoms with E-state index in [1.165, 1.54) is 0 Å². The fraction of sp³-hybridized carbons (Fsp3) is 1.00. The molecule has 0 aromatic heterocycles. The zero-order chi connectivity index (χ0) is 6.78. The van der Waals surface area contributed by atoms with Gasteiger partial charge in [0.05, 0.1) is 0 Å². The second kappa shape index (κ2) is 5.08. The van der Waals surface area contributed by atoms with Crippen LogP contribution in [0.15, 0.2) is 0 Å². The quantitative estimate of drug-likeness (QED) is 0.411. The summed E-state index contributed by atoms with van der Waals surface area (Å²) in [6.45, 7) is 0. The Morgan fingerprint density at radius 2 is 1.89 bits per heavy atom. The minimum absolute atomic E-state index is 0. The Kier molecular flexibility index (Phi) is 7.33. The topological polar surface area (TPSA) is 46.5 Å². The van der Waals surface area contributed by atoms with Gasteiger partial charge in [-0.05, 0) is 18.8 Å². The molecule has 0 aliphatic carbocycles. The second-order valence-corrected chi connectivity index (χ2v) is 6.56. The summed E-state index contributed by atoms with van der Waals surface area (Å²) >= 11 is 0. The van der Waals surface area contributed by atoms with Gasteiger partial charge in [0, 0.05) is 4.57 Å². The summed E-state index contributed by atoms with van der Waals surface area (Å²) in [5.74, 6) is 0. The molecule has 9 heavy (non-hydrogen) atoms. The Hall–Kier alpha value is 1.37. The molecule has 0 fully saturated rings. The normalized spacial score (nSPS) is 14.0. The van der Waals surface area contributed by atoms with Gasteiger partial charge in [-0.3, -0.25) is 0 Å². The van der Waals surface area contributed by atoms with E-state index in [1.807, 2.05) is 0 Å². The fourth-order valence-corrected chi connectivity index (χ4v) is 1.72. The van der Waals surface area contributed by atoms with Gasteiger partial charge >= 0.3 is 37.8 Å². The van der Waals surface area contributed by atoms with Crippen LogP contribution in [0, 0.1) is 0 Å². The molecule has 0 bridgehead atoms. The fourth-order valence-electron chi connectivity index (χ4n) is 0.191. The molecule has 0 aromatic rings. The van der Waals surface area contributed by atoms with E-state index >= 15 is 0 Å². The van der Waals surface area contributed by atoms with Crippen molar-refractivity contribution in [3.8, 4) is 0 Å². The van der Waals surface area contributed by atoms with Gasteiger partial charge in [0.25, 0.3) is 0 Å². The molecule has 52 valence electrons. The number of hydrogen-bond acceptors (Lipinski definition) is 2. The third-order valence-corrected chi connectivity index (χ3v) is 2.59. The second-order valence-electron chi connectivity index (χ2n) is 2.04. The van der Waals surface area contributed by atoms with E-state index in [0.717, 1.165) is 0 Å². The molecular formula is C3H11NaO3PS+. The minimum Gasteiger partial charge on any atom is -1.00 e. The van der Waals surface area contributed by atoms with Crippen LogP contribution in [0.3, 0.4) is 0 Å². The summed E-state index contributed by atoms with van der Waals surface area (Å²) in [7, 11) is -3.66. The zero-order valence-electron chi connectivity index (χ0n) is 7.12. The summed E-state index contributed by atoms with van der Waals surface area (Å²) in [6, 6.07) is 0. The Bertz CT molecular complexity index is 106. The molecule has 1 N–H and O–H groups in total. The molecule has 0 heterocycles. The molecule has 0 spiro atoms. The zero-order valence-corrected chi connectivity index (χ0v) is 9.83. The maximum atomic E-state index is 9.96. The molecule has 1 atom stereocenters. The van der Waals surface area contributed by atoms with Crippen LogP contribution in [0.25, 0.3) is 0 Å². The standard InChI is InChI=1S/C3H9O3PS.Na.H/c1-8(2,3)6-7(4)5;;/h1-3H3;;/q;+1;-1/p+1. The predicted octanol–water partition coefficient (Wildman–Crippen LogP) is -1.62. The van der Waals surface area contributed by atoms with Crippen molar-refractivity contribution in [2.45, 2.75) is 0 Å². The molecule has 0 aliphatic rings. The van der Waals surface area contributed by atoms with Crippen LogP contribution in [0.1, 0.15) is 1.43 Å². The van der Waals surface area contributed by atoms with Crippen LogP contribution in [-0.2, 0) is 8.54 Å². The molecule has 0 aromatic carbocycles. The van der Waals surface area contributed by atoms with Crippen LogP contribution in [0.4, 0.5) is 0 Å². The third-order valence-electron chi connectivity index (χ3n) is 0.287. The van der Waals surface area contributed by atoms with Crippen LogP contribution in [-0.4, -0.2) is 23.7 Å². The van der Waals surface area contributed by atoms with Gasteiger partial charge in [0.2, 0.25) is 0 Å². The molecule has 0 amide bonds. The minimum atomic E-state index is -2.40. The van der Waals surface area contributed by atoms with Crippen molar-refractivity contribution in [1.82, 2.24) is 0 Å². The molecule has 3 nitrogen and oxygen atoms in total. The summed E-state index contributed by atoms with van der Waals surface area (Å²) in [5, 5.41) is 0. The molecule has 0 aliphatic heterocycles. The van der Waals surface area contributed by atoms with E-state index in [9.17, 15) is 4.57 Å². The Balaban J connectivity index is -0.000000245. The average Bonchev–Trinajstić information content (AvgIpc) is 1.21. The van der Waals surface area contributed by atoms with E-state index in [1.54, 1.807) is 18.8 Å². The van der Waals surface area contributed by atoms with Crippen LogP contribution in [0.2, 0.25) is 0 Å². The first-order chi connectivity index (χ1) is 3.42. The maximum Gasteiger partial charge on any atom is 1.00 e. The molecule has 0 saturated carbocycles. The first kappa shape index (κ1) is 13.0. The van der Waals surface area contributed by atoms with Gasteiger partial charge in [-0.2, -0.15) is 0 Å². The van der Waals surface area contributed by atoms with E-state index in [4.69, 9.17) is 4.89 Å². The van der Waals surface area contributed by atoms with Crippen LogP contribution >= 0.6 is 18.6 Å². The Labute approximate surface area is 81.4 Å². The third kappa shape index (κ3) is 12.5. The van der Waals surface area contributed by atoms with Crippen molar-refractivity contribution in [2.24, 2.45) is 0 Å². The Morgan fingerprint density at radius 1 is 1.56 bits per heavy atom. The SMILES string of the molecule is CS(C)(C)O[P+](=O)O.[H-].[Na+]. The van der Waals surface area contributed by atoms with Crippen LogP contribution < -0.4 is 29.6 Å². The maximum absolute atomic E-state index is 9.96. The first-order valence-corrected chi connectivity index (χ1v) is 5.87. The van der Waals surface area contributed by atoms with E-state index < -0.39 is 18.6 Å². The van der Waals surface area contributed by atoms with E-state index in [2.05, 4.69) is 3.97 Å². The largest absolute Gasteiger partial charge is 1.00 e. The van der Waals surface area contributed by atoms with E-state index in [-0.39, 0.29) is 31.0 Å². The van der Waals surface area contributed by atoms with Crippen molar-refractivity contribution in [1.29, 1.82) is 0 Å². The van der Waals surface area contributed by atoms with E-state index in [0.29, 0.717) is 0 Å². The van der Waals surface area contributed by atoms with Gasteiger partial charge in [0.15, 0.2) is 0 Å². The van der Waals surface area contributed by atoms with Crippen molar-refractivity contribution < 1.29 is 44.4 Å². The summed E-state index contributed by atoms with van der Waals surface area (Å²) < 4.78 is 14.5. The van der Waals surface area contributed by atoms with Gasteiger partial charge in [-0.1, -0.05) is 14.3 Å². The van der Waals surface area contributed by atoms with Gasteiger partial charge in [-0.25, -0.2) is 0 Å². The molecule has 0 saturated heterocycles. The smallest absolute Gasteiger partial charge is 1.00 e. The van der Waals surface area contributed by atoms with Crippen molar-refractivity contribution in [3.05, 3.63) is 0 Å². The summed E-state index contributed by atoms with van der Waals surface area (Å²) in [5.41, 5.74) is 0.